The summed E-state index contributed by atoms with van der Waals surface area (Å²) in [5.74, 6) is -2.49. The molecule has 1 aliphatic heterocycles. The number of nitrogens with zero attached hydrogens (tertiary/aromatic N) is 2. The number of ketones is 1. The van der Waals surface area contributed by atoms with Crippen LogP contribution in [0.2, 0.25) is 0 Å². The molecule has 31 heavy (non-hydrogen) atoms. The second-order valence-corrected chi connectivity index (χ2v) is 7.63. The predicted molar refractivity (Wildman–Crippen MR) is 114 cm³/mol. The van der Waals surface area contributed by atoms with Gasteiger partial charge in [-0.25, -0.2) is 4.39 Å². The number of rotatable bonds is 4. The van der Waals surface area contributed by atoms with Gasteiger partial charge in [-0.1, -0.05) is 42.0 Å². The van der Waals surface area contributed by atoms with Crippen LogP contribution in [-0.2, 0) is 16.1 Å². The van der Waals surface area contributed by atoms with E-state index in [-0.39, 0.29) is 23.4 Å². The molecule has 156 valence electrons. The molecule has 1 fully saturated rings. The number of likely N-dealkylation sites (tertiary alicyclic amines) is 1. The summed E-state index contributed by atoms with van der Waals surface area (Å²) in [4.78, 5) is 31.4. The Hall–Kier alpha value is -3.80. The lowest BCUT2D eigenvalue weighted by molar-refractivity contribution is -0.140. The number of hydrogen-bond donors (Lipinski definition) is 1. The zero-order chi connectivity index (χ0) is 22.1. The number of aryl methyl sites for hydroxylation is 2. The molecule has 1 amide bonds. The van der Waals surface area contributed by atoms with Gasteiger partial charge in [0.2, 0.25) is 0 Å². The lowest BCUT2D eigenvalue weighted by Crippen LogP contribution is -2.29. The number of aromatic nitrogens is 1. The molecule has 0 bridgehead atoms. The third-order valence-corrected chi connectivity index (χ3v) is 5.46. The SMILES string of the molecule is Cc1ccc(C)c(/C(O)=C2/C(=O)C(=O)N(Cc3cccnc3)C2c2ccccc2F)c1. The van der Waals surface area contributed by atoms with Crippen molar-refractivity contribution in [3.63, 3.8) is 0 Å². The number of hydrogen-bond acceptors (Lipinski definition) is 4. The highest BCUT2D eigenvalue weighted by Crippen LogP contribution is 2.41. The van der Waals surface area contributed by atoms with Crippen LogP contribution in [0.1, 0.15) is 33.9 Å². The van der Waals surface area contributed by atoms with Gasteiger partial charge in [0, 0.05) is 30.1 Å². The van der Waals surface area contributed by atoms with Crippen LogP contribution in [0.5, 0.6) is 0 Å². The topological polar surface area (TPSA) is 70.5 Å². The summed E-state index contributed by atoms with van der Waals surface area (Å²) in [6, 6.07) is 13.9. The van der Waals surface area contributed by atoms with Gasteiger partial charge < -0.3 is 10.0 Å². The van der Waals surface area contributed by atoms with E-state index in [9.17, 15) is 19.1 Å². The predicted octanol–water partition coefficient (Wildman–Crippen LogP) is 4.46. The van der Waals surface area contributed by atoms with Gasteiger partial charge in [-0.05, 0) is 43.2 Å². The first-order chi connectivity index (χ1) is 14.9. The molecule has 0 radical (unpaired) electrons. The number of carbonyl (C=O) groups excluding carboxylic acids is 2. The molecule has 4 rings (SSSR count). The highest BCUT2D eigenvalue weighted by molar-refractivity contribution is 6.46. The van der Waals surface area contributed by atoms with Crippen LogP contribution >= 0.6 is 0 Å². The Labute approximate surface area is 179 Å². The molecule has 5 nitrogen and oxygen atoms in total. The Morgan fingerprint density at radius 3 is 2.58 bits per heavy atom. The van der Waals surface area contributed by atoms with E-state index in [1.165, 1.54) is 23.1 Å². The second-order valence-electron chi connectivity index (χ2n) is 7.63. The molecule has 1 aromatic heterocycles. The Kier molecular flexibility index (Phi) is 5.38. The molecule has 0 aliphatic carbocycles. The van der Waals surface area contributed by atoms with Crippen LogP contribution in [0.3, 0.4) is 0 Å². The van der Waals surface area contributed by atoms with Crippen LogP contribution in [0, 0.1) is 19.7 Å². The summed E-state index contributed by atoms with van der Waals surface area (Å²) in [7, 11) is 0. The van der Waals surface area contributed by atoms with Crippen molar-refractivity contribution in [2.45, 2.75) is 26.4 Å². The molecule has 0 spiro atoms. The van der Waals surface area contributed by atoms with Crippen molar-refractivity contribution in [2.24, 2.45) is 0 Å². The molecule has 1 N–H and O–H groups in total. The first-order valence-electron chi connectivity index (χ1n) is 9.88. The van der Waals surface area contributed by atoms with Crippen LogP contribution in [0.15, 0.2) is 72.6 Å². The molecule has 1 aliphatic rings. The van der Waals surface area contributed by atoms with Crippen molar-refractivity contribution in [3.8, 4) is 0 Å². The average Bonchev–Trinajstić information content (AvgIpc) is 3.01. The Balaban J connectivity index is 1.92. The van der Waals surface area contributed by atoms with Crippen molar-refractivity contribution in [1.29, 1.82) is 0 Å². The maximum atomic E-state index is 14.8. The van der Waals surface area contributed by atoms with Crippen molar-refractivity contribution in [3.05, 3.63) is 106 Å². The standard InChI is InChI=1S/C25H21FN2O3/c1-15-9-10-16(2)19(12-15)23(29)21-22(18-7-3-4-8-20(18)26)28(25(31)24(21)30)14-17-6-5-11-27-13-17/h3-13,22,29H,14H2,1-2H3/b23-21-. The Bertz CT molecular complexity index is 1200. The van der Waals surface area contributed by atoms with E-state index in [1.807, 2.05) is 19.1 Å². The minimum Gasteiger partial charge on any atom is -0.507 e. The number of carbonyl (C=O) groups is 2. The molecule has 2 heterocycles. The minimum absolute atomic E-state index is 0.0565. The zero-order valence-electron chi connectivity index (χ0n) is 17.2. The summed E-state index contributed by atoms with van der Waals surface area (Å²) < 4.78 is 14.8. The first-order valence-corrected chi connectivity index (χ1v) is 9.88. The van der Waals surface area contributed by atoms with Gasteiger partial charge in [0.05, 0.1) is 11.6 Å². The van der Waals surface area contributed by atoms with Crippen LogP contribution in [-0.4, -0.2) is 26.7 Å². The molecule has 0 saturated carbocycles. The van der Waals surface area contributed by atoms with E-state index in [1.54, 1.807) is 43.6 Å². The van der Waals surface area contributed by atoms with Crippen molar-refractivity contribution < 1.29 is 19.1 Å². The van der Waals surface area contributed by atoms with Crippen LogP contribution in [0.4, 0.5) is 4.39 Å². The molecule has 1 atom stereocenters. The van der Waals surface area contributed by atoms with Crippen LogP contribution < -0.4 is 0 Å². The van der Waals surface area contributed by atoms with E-state index in [0.29, 0.717) is 11.1 Å². The van der Waals surface area contributed by atoms with E-state index >= 15 is 0 Å². The second kappa shape index (κ2) is 8.14. The minimum atomic E-state index is -1.05. The molecule has 1 unspecified atom stereocenters. The first kappa shape index (κ1) is 20.5. The van der Waals surface area contributed by atoms with Gasteiger partial charge in [-0.3, -0.25) is 14.6 Å². The normalized spacial score (nSPS) is 17.9. The number of halogens is 1. The van der Waals surface area contributed by atoms with Crippen molar-refractivity contribution >= 4 is 17.4 Å². The molecular formula is C25H21FN2O3. The van der Waals surface area contributed by atoms with Gasteiger partial charge in [0.1, 0.15) is 11.6 Å². The highest BCUT2D eigenvalue weighted by atomic mass is 19.1. The van der Waals surface area contributed by atoms with Crippen molar-refractivity contribution in [2.75, 3.05) is 0 Å². The van der Waals surface area contributed by atoms with Gasteiger partial charge in [-0.2, -0.15) is 0 Å². The number of pyridine rings is 1. The van der Waals surface area contributed by atoms with E-state index < -0.39 is 23.5 Å². The lowest BCUT2D eigenvalue weighted by Gasteiger charge is -2.25. The average molecular weight is 416 g/mol. The summed E-state index contributed by atoms with van der Waals surface area (Å²) in [6.45, 7) is 3.73. The van der Waals surface area contributed by atoms with Gasteiger partial charge in [0.25, 0.3) is 11.7 Å². The molecule has 6 heteroatoms. The molecule has 3 aromatic rings. The van der Waals surface area contributed by atoms with E-state index in [4.69, 9.17) is 0 Å². The Morgan fingerprint density at radius 1 is 1.10 bits per heavy atom. The number of Topliss-reactive ketones (excluding diaryl/α,β-unsaturated/α-hetero) is 1. The fourth-order valence-electron chi connectivity index (χ4n) is 3.89. The summed E-state index contributed by atoms with van der Waals surface area (Å²) in [5.41, 5.74) is 2.80. The molecular weight excluding hydrogens is 395 g/mol. The summed E-state index contributed by atoms with van der Waals surface area (Å²) in [5, 5.41) is 11.2. The van der Waals surface area contributed by atoms with Crippen LogP contribution in [0.25, 0.3) is 5.76 Å². The Morgan fingerprint density at radius 2 is 1.87 bits per heavy atom. The third kappa shape index (κ3) is 3.72. The van der Waals surface area contributed by atoms with Gasteiger partial charge >= 0.3 is 0 Å². The molecule has 1 saturated heterocycles. The summed E-state index contributed by atoms with van der Waals surface area (Å²) in [6.07, 6.45) is 3.19. The maximum Gasteiger partial charge on any atom is 0.295 e. The third-order valence-electron chi connectivity index (χ3n) is 5.46. The van der Waals surface area contributed by atoms with Gasteiger partial charge in [-0.15, -0.1) is 0 Å². The largest absolute Gasteiger partial charge is 0.507 e. The van der Waals surface area contributed by atoms with Crippen molar-refractivity contribution in [1.82, 2.24) is 9.88 Å². The highest BCUT2D eigenvalue weighted by Gasteiger charge is 2.47. The van der Waals surface area contributed by atoms with Gasteiger partial charge in [0.15, 0.2) is 0 Å². The monoisotopic (exact) mass is 416 g/mol. The quantitative estimate of drug-likeness (QED) is 0.387. The fourth-order valence-corrected chi connectivity index (χ4v) is 3.89. The number of aliphatic hydroxyl groups excluding tert-OH is 1. The number of aliphatic hydroxyl groups is 1. The van der Waals surface area contributed by atoms with E-state index in [0.717, 1.165) is 11.1 Å². The van der Waals surface area contributed by atoms with E-state index in [2.05, 4.69) is 4.98 Å². The zero-order valence-corrected chi connectivity index (χ0v) is 17.2. The lowest BCUT2D eigenvalue weighted by atomic mass is 9.93. The number of amides is 1. The number of benzene rings is 2. The summed E-state index contributed by atoms with van der Waals surface area (Å²) >= 11 is 0. The maximum absolute atomic E-state index is 14.8. The fraction of sp³-hybridized carbons (Fsp3) is 0.160. The molecule has 2 aromatic carbocycles. The smallest absolute Gasteiger partial charge is 0.295 e.